The summed E-state index contributed by atoms with van der Waals surface area (Å²) in [7, 11) is 0. The first-order valence-electron chi connectivity index (χ1n) is 36.2. The van der Waals surface area contributed by atoms with Crippen LogP contribution in [-0.4, -0.2) is 140 Å². The molecule has 0 spiro atoms. The van der Waals surface area contributed by atoms with Crippen LogP contribution in [0.5, 0.6) is 0 Å². The van der Waals surface area contributed by atoms with E-state index in [1.54, 1.807) is 0 Å². The molecule has 14 nitrogen and oxygen atoms in total. The molecule has 12 unspecified atom stereocenters. The number of nitrogens with one attached hydrogen (secondary N) is 1. The number of allylic oxidation sites excluding steroid dienone is 6. The van der Waals surface area contributed by atoms with Crippen molar-refractivity contribution in [2.24, 2.45) is 0 Å². The minimum absolute atomic E-state index is 0.204. The summed E-state index contributed by atoms with van der Waals surface area (Å²) in [5, 5.41) is 87.7. The maximum Gasteiger partial charge on any atom is 0.220 e. The lowest BCUT2D eigenvalue weighted by Crippen LogP contribution is -2.65. The Balaban J connectivity index is 1.66. The monoisotopic (exact) mass is 1220 g/mol. The van der Waals surface area contributed by atoms with E-state index in [4.69, 9.17) is 18.9 Å². The number of amides is 1. The predicted octanol–water partition coefficient (Wildman–Crippen LogP) is 14.9. The average Bonchev–Trinajstić information content (AvgIpc) is 2.53. The van der Waals surface area contributed by atoms with Gasteiger partial charge in [-0.2, -0.15) is 0 Å². The molecule has 9 N–H and O–H groups in total. The molecule has 2 saturated heterocycles. The van der Waals surface area contributed by atoms with Crippen molar-refractivity contribution in [3.8, 4) is 0 Å². The van der Waals surface area contributed by atoms with Crippen LogP contribution in [0.1, 0.15) is 322 Å². The highest BCUT2D eigenvalue weighted by Gasteiger charge is 2.51. The summed E-state index contributed by atoms with van der Waals surface area (Å²) < 4.78 is 22.9. The van der Waals surface area contributed by atoms with Crippen LogP contribution in [0.15, 0.2) is 36.5 Å². The molecule has 0 aliphatic carbocycles. The molecule has 506 valence electrons. The molecule has 12 atom stereocenters. The first kappa shape index (κ1) is 80.3. The highest BCUT2D eigenvalue weighted by atomic mass is 16.7. The fourth-order valence-electron chi connectivity index (χ4n) is 12.1. The maximum atomic E-state index is 13.4. The van der Waals surface area contributed by atoms with Gasteiger partial charge in [0.25, 0.3) is 0 Å². The topological polar surface area (TPSA) is 228 Å². The Hall–Kier alpha value is -1.79. The van der Waals surface area contributed by atoms with Gasteiger partial charge in [0.15, 0.2) is 12.6 Å². The molecule has 2 aliphatic rings. The molecule has 0 radical (unpaired) electrons. The Morgan fingerprint density at radius 2 is 0.767 bits per heavy atom. The lowest BCUT2D eigenvalue weighted by atomic mass is 9.97. The third-order valence-electron chi connectivity index (χ3n) is 17.9. The standard InChI is InChI=1S/C72H135NO13/c1-3-5-7-9-11-13-15-17-19-21-23-25-27-29-30-32-34-36-38-40-42-44-46-48-50-52-54-56-64(77)73-60(59-83-71-69(82)67(80)70(63(58-75)85-71)86-72-68(81)66(79)65(78)62(57-74)84-72)61(76)55-53-51-49-47-45-43-41-39-37-35-33-31-28-26-24-22-20-18-16-14-12-10-8-6-4-2/h15,17,21,23,27,29,60-63,65-72,74-76,78-82H,3-14,16,18-20,22,24-26,28,30-59H2,1-2H3,(H,73,77)/b17-15-,23-21-,29-27-. The predicted molar refractivity (Wildman–Crippen MR) is 351 cm³/mol. The molecule has 0 saturated carbocycles. The zero-order valence-corrected chi connectivity index (χ0v) is 55.1. The second-order valence-electron chi connectivity index (χ2n) is 25.7. The Kier molecular flexibility index (Phi) is 53.4. The van der Waals surface area contributed by atoms with E-state index in [0.717, 1.165) is 64.2 Å². The van der Waals surface area contributed by atoms with Gasteiger partial charge in [0, 0.05) is 6.42 Å². The summed E-state index contributed by atoms with van der Waals surface area (Å²) in [6, 6.07) is -0.831. The van der Waals surface area contributed by atoms with Crippen LogP contribution in [0.2, 0.25) is 0 Å². The van der Waals surface area contributed by atoms with Gasteiger partial charge in [-0.25, -0.2) is 0 Å². The number of ether oxygens (including phenoxy) is 4. The smallest absolute Gasteiger partial charge is 0.220 e. The molecule has 2 fully saturated rings. The van der Waals surface area contributed by atoms with Crippen LogP contribution >= 0.6 is 0 Å². The zero-order chi connectivity index (χ0) is 62.3. The fourth-order valence-corrected chi connectivity index (χ4v) is 12.1. The van der Waals surface area contributed by atoms with Crippen molar-refractivity contribution in [2.45, 2.75) is 396 Å². The highest BCUT2D eigenvalue weighted by Crippen LogP contribution is 2.30. The number of carbonyl (C=O) groups excluding carboxylic acids is 1. The van der Waals surface area contributed by atoms with Gasteiger partial charge < -0.3 is 65.1 Å². The fraction of sp³-hybridized carbons (Fsp3) is 0.903. The number of unbranched alkanes of at least 4 members (excludes halogenated alkanes) is 41. The zero-order valence-electron chi connectivity index (χ0n) is 55.1. The van der Waals surface area contributed by atoms with Gasteiger partial charge >= 0.3 is 0 Å². The molecule has 14 heteroatoms. The lowest BCUT2D eigenvalue weighted by Gasteiger charge is -2.46. The molecule has 0 aromatic heterocycles. The summed E-state index contributed by atoms with van der Waals surface area (Å²) >= 11 is 0. The van der Waals surface area contributed by atoms with Crippen LogP contribution in [-0.2, 0) is 23.7 Å². The summed E-state index contributed by atoms with van der Waals surface area (Å²) in [5.41, 5.74) is 0. The minimum Gasteiger partial charge on any atom is -0.394 e. The van der Waals surface area contributed by atoms with E-state index in [1.807, 2.05) is 0 Å². The van der Waals surface area contributed by atoms with E-state index in [2.05, 4.69) is 55.6 Å². The van der Waals surface area contributed by atoms with Crippen LogP contribution in [0.25, 0.3) is 0 Å². The Morgan fingerprint density at radius 1 is 0.419 bits per heavy atom. The molecule has 0 aromatic carbocycles. The van der Waals surface area contributed by atoms with Crippen molar-refractivity contribution in [3.05, 3.63) is 36.5 Å². The minimum atomic E-state index is -1.78. The van der Waals surface area contributed by atoms with Gasteiger partial charge in [-0.15, -0.1) is 0 Å². The number of hydrogen-bond acceptors (Lipinski definition) is 13. The third-order valence-corrected chi connectivity index (χ3v) is 17.9. The quantitative estimate of drug-likeness (QED) is 0.0204. The van der Waals surface area contributed by atoms with Gasteiger partial charge in [0.1, 0.15) is 48.8 Å². The molecule has 1 amide bonds. The van der Waals surface area contributed by atoms with Crippen LogP contribution in [0.3, 0.4) is 0 Å². The maximum absolute atomic E-state index is 13.4. The first-order valence-corrected chi connectivity index (χ1v) is 36.2. The van der Waals surface area contributed by atoms with Crippen LogP contribution < -0.4 is 5.32 Å². The van der Waals surface area contributed by atoms with Crippen molar-refractivity contribution in [2.75, 3.05) is 19.8 Å². The molecule has 2 heterocycles. The second-order valence-corrected chi connectivity index (χ2v) is 25.7. The average molecular weight is 1220 g/mol. The summed E-state index contributed by atoms with van der Waals surface area (Å²) in [6.45, 7) is 2.90. The van der Waals surface area contributed by atoms with Crippen molar-refractivity contribution in [1.82, 2.24) is 5.32 Å². The van der Waals surface area contributed by atoms with Gasteiger partial charge in [-0.1, -0.05) is 301 Å². The SMILES string of the molecule is CCCCCCC/C=C\C/C=C\C/C=C\CCCCCCCCCCCCCCC(=O)NC(COC1OC(CO)C(OC2OC(CO)C(O)C(O)C2O)C(O)C1O)C(O)CCCCCCCCCCCCCCCCCCCCCCCCCCC. The van der Waals surface area contributed by atoms with Crippen molar-refractivity contribution in [3.63, 3.8) is 0 Å². The van der Waals surface area contributed by atoms with Crippen molar-refractivity contribution < 1.29 is 64.6 Å². The van der Waals surface area contributed by atoms with Gasteiger partial charge in [0.05, 0.1) is 32.0 Å². The summed E-state index contributed by atoms with van der Waals surface area (Å²) in [6.07, 6.45) is 55.8. The van der Waals surface area contributed by atoms with E-state index < -0.39 is 86.8 Å². The van der Waals surface area contributed by atoms with E-state index >= 15 is 0 Å². The molecule has 86 heavy (non-hydrogen) atoms. The summed E-state index contributed by atoms with van der Waals surface area (Å²) in [4.78, 5) is 13.4. The van der Waals surface area contributed by atoms with E-state index in [9.17, 15) is 45.6 Å². The highest BCUT2D eigenvalue weighted by molar-refractivity contribution is 5.76. The second kappa shape index (κ2) is 57.1. The molecular formula is C72H135NO13. The number of aliphatic hydroxyl groups excluding tert-OH is 8. The normalized spacial score (nSPS) is 23.6. The molecule has 2 rings (SSSR count). The number of aliphatic hydroxyl groups is 8. The Labute approximate surface area is 525 Å². The van der Waals surface area contributed by atoms with Gasteiger partial charge in [0.2, 0.25) is 5.91 Å². The van der Waals surface area contributed by atoms with Gasteiger partial charge in [-0.05, 0) is 51.4 Å². The van der Waals surface area contributed by atoms with Crippen molar-refractivity contribution >= 4 is 5.91 Å². The molecule has 0 bridgehead atoms. The molecule has 2 aliphatic heterocycles. The molecular weight excluding hydrogens is 1090 g/mol. The van der Waals surface area contributed by atoms with E-state index in [0.29, 0.717) is 12.8 Å². The molecule has 0 aromatic rings. The summed E-state index contributed by atoms with van der Waals surface area (Å²) in [5.74, 6) is -0.204. The number of rotatable bonds is 60. The number of carbonyl (C=O) groups is 1. The Bertz CT molecular complexity index is 1580. The third kappa shape index (κ3) is 40.8. The first-order chi connectivity index (χ1) is 42.1. The number of hydrogen-bond donors (Lipinski definition) is 9. The van der Waals surface area contributed by atoms with Crippen molar-refractivity contribution in [1.29, 1.82) is 0 Å². The lowest BCUT2D eigenvalue weighted by molar-refractivity contribution is -0.359. The van der Waals surface area contributed by atoms with Gasteiger partial charge in [-0.3, -0.25) is 4.79 Å². The van der Waals surface area contributed by atoms with E-state index in [1.165, 1.54) is 231 Å². The van der Waals surface area contributed by atoms with Crippen LogP contribution in [0.4, 0.5) is 0 Å². The van der Waals surface area contributed by atoms with E-state index in [-0.39, 0.29) is 12.5 Å². The largest absolute Gasteiger partial charge is 0.394 e. The Morgan fingerprint density at radius 3 is 1.17 bits per heavy atom. The van der Waals surface area contributed by atoms with Crippen LogP contribution in [0, 0.1) is 0 Å².